The van der Waals surface area contributed by atoms with Gasteiger partial charge in [0, 0.05) is 37.7 Å². The van der Waals surface area contributed by atoms with E-state index in [0.29, 0.717) is 16.8 Å². The minimum atomic E-state index is -1.66. The van der Waals surface area contributed by atoms with Gasteiger partial charge in [0.15, 0.2) is 17.2 Å². The molecule has 4 aliphatic rings. The summed E-state index contributed by atoms with van der Waals surface area (Å²) in [4.78, 5) is 84.3. The summed E-state index contributed by atoms with van der Waals surface area (Å²) >= 11 is 0. The second kappa shape index (κ2) is 13.8. The molecule has 4 aromatic carbocycles. The lowest BCUT2D eigenvalue weighted by Crippen LogP contribution is -2.53. The Labute approximate surface area is 331 Å². The highest BCUT2D eigenvalue weighted by Crippen LogP contribution is 2.65. The summed E-state index contributed by atoms with van der Waals surface area (Å²) in [6, 6.07) is 22.8. The van der Waals surface area contributed by atoms with E-state index in [1.165, 1.54) is 26.1 Å². The standard InChI is InChI=1S/C42H38N6O10/c1-22-13-15-24(16-14-22)43-46-39(51)30-21-29-26(35(28-11-8-12-33(58-4)37(28)49)42(30,41(46)53)23-9-6-5-7-10-23)17-18-27-34(29)40(52)45(38(27)50)25-19-31(47(54)55)36(44(2)3)32(20-25)48(56)57/h5-17,19-20,27,29-30,34-35,43,49H,18,21H2,1-4H3. The normalized spacial score (nSPS) is 24.8. The van der Waals surface area contributed by atoms with Gasteiger partial charge >= 0.3 is 11.4 Å². The first-order chi connectivity index (χ1) is 27.7. The number of fused-ring (bicyclic) bond motifs is 4. The lowest BCUT2D eigenvalue weighted by molar-refractivity contribution is -0.392. The third-order valence-corrected chi connectivity index (χ3v) is 12.1. The Morgan fingerprint density at radius 1 is 0.862 bits per heavy atom. The fourth-order valence-corrected chi connectivity index (χ4v) is 9.74. The van der Waals surface area contributed by atoms with Crippen LogP contribution in [0.1, 0.15) is 35.4 Å². The number of nitro groups is 2. The van der Waals surface area contributed by atoms with Crippen molar-refractivity contribution in [1.29, 1.82) is 0 Å². The Balaban J connectivity index is 1.32. The molecule has 0 bridgehead atoms. The van der Waals surface area contributed by atoms with E-state index in [2.05, 4.69) is 5.43 Å². The first-order valence-electron chi connectivity index (χ1n) is 18.6. The maximum absolute atomic E-state index is 15.4. The van der Waals surface area contributed by atoms with Gasteiger partial charge in [-0.05, 0) is 49.4 Å². The molecule has 2 aliphatic heterocycles. The molecule has 2 saturated heterocycles. The summed E-state index contributed by atoms with van der Waals surface area (Å²) in [5.74, 6) is -7.93. The average molecular weight is 787 g/mol. The first kappa shape index (κ1) is 37.8. The number of benzene rings is 4. The summed E-state index contributed by atoms with van der Waals surface area (Å²) in [6.07, 6.45) is 1.73. The molecule has 0 spiro atoms. The monoisotopic (exact) mass is 786 g/mol. The van der Waals surface area contributed by atoms with Gasteiger partial charge in [-0.25, -0.2) is 4.90 Å². The Morgan fingerprint density at radius 3 is 2.12 bits per heavy atom. The van der Waals surface area contributed by atoms with E-state index in [1.54, 1.807) is 66.7 Å². The number of aryl methyl sites for hydroxylation is 1. The molecule has 4 aromatic rings. The molecule has 8 rings (SSSR count). The van der Waals surface area contributed by atoms with Gasteiger partial charge in [-0.2, -0.15) is 5.01 Å². The molecule has 4 amide bonds. The van der Waals surface area contributed by atoms with Gasteiger partial charge in [0.1, 0.15) is 0 Å². The van der Waals surface area contributed by atoms with Crippen molar-refractivity contribution in [3.05, 3.63) is 133 Å². The van der Waals surface area contributed by atoms with Crippen molar-refractivity contribution < 1.29 is 38.9 Å². The number of rotatable bonds is 9. The Hall–Kier alpha value is -7.10. The van der Waals surface area contributed by atoms with Crippen molar-refractivity contribution in [2.45, 2.75) is 31.1 Å². The zero-order valence-electron chi connectivity index (χ0n) is 31.8. The fraction of sp³-hybridized carbons (Fsp3) is 0.286. The third kappa shape index (κ3) is 5.42. The molecule has 1 saturated carbocycles. The molecule has 2 aliphatic carbocycles. The van der Waals surface area contributed by atoms with Gasteiger partial charge < -0.3 is 14.7 Å². The number of hydrogen-bond acceptors (Lipinski definition) is 12. The number of hydrazine groups is 1. The van der Waals surface area contributed by atoms with Crippen molar-refractivity contribution in [1.82, 2.24) is 5.01 Å². The third-order valence-electron chi connectivity index (χ3n) is 12.1. The number of phenols is 1. The number of nitro benzene ring substituents is 2. The van der Waals surface area contributed by atoms with Crippen LogP contribution in [-0.4, -0.2) is 64.8 Å². The van der Waals surface area contributed by atoms with Crippen LogP contribution in [0.3, 0.4) is 0 Å². The number of phenolic OH excluding ortho intramolecular Hbond substituents is 1. The van der Waals surface area contributed by atoms with Gasteiger partial charge in [0.05, 0.1) is 51.5 Å². The Bertz CT molecular complexity index is 2430. The number of imide groups is 2. The number of allylic oxidation sites excluding steroid dienone is 2. The maximum Gasteiger partial charge on any atom is 0.301 e. The van der Waals surface area contributed by atoms with Crippen LogP contribution in [0, 0.1) is 50.8 Å². The molecule has 6 unspecified atom stereocenters. The predicted molar refractivity (Wildman–Crippen MR) is 210 cm³/mol. The number of methoxy groups -OCH3 is 1. The number of aromatic hydroxyl groups is 1. The van der Waals surface area contributed by atoms with E-state index < -0.39 is 79.9 Å². The highest BCUT2D eigenvalue weighted by atomic mass is 16.6. The summed E-state index contributed by atoms with van der Waals surface area (Å²) in [5.41, 5.74) is 2.13. The summed E-state index contributed by atoms with van der Waals surface area (Å²) in [5, 5.41) is 37.3. The van der Waals surface area contributed by atoms with Crippen LogP contribution in [0.25, 0.3) is 0 Å². The molecular formula is C42H38N6O10. The number of nitrogens with one attached hydrogen (secondary N) is 1. The van der Waals surface area contributed by atoms with Crippen molar-refractivity contribution in [3.63, 3.8) is 0 Å². The SMILES string of the molecule is COc1cccc(C2C3=CCC4C(=O)N(c5cc([N+](=O)[O-])c(N(C)C)c([N+](=O)[O-])c5)C(=O)C4C3CC3C(=O)N(Nc4ccc(C)cc4)C(=O)C32c2ccccc2)c1O. The summed E-state index contributed by atoms with van der Waals surface area (Å²) in [6.45, 7) is 1.90. The van der Waals surface area contributed by atoms with Crippen LogP contribution < -0.4 is 20.0 Å². The lowest BCUT2D eigenvalue weighted by atomic mass is 9.49. The lowest BCUT2D eigenvalue weighted by Gasteiger charge is -2.50. The minimum Gasteiger partial charge on any atom is -0.504 e. The second-order valence-corrected chi connectivity index (χ2v) is 15.2. The van der Waals surface area contributed by atoms with Crippen molar-refractivity contribution in [2.24, 2.45) is 23.7 Å². The van der Waals surface area contributed by atoms with E-state index in [1.807, 2.05) is 19.1 Å². The van der Waals surface area contributed by atoms with Gasteiger partial charge in [-0.1, -0.05) is 71.8 Å². The van der Waals surface area contributed by atoms with Crippen LogP contribution in [-0.2, 0) is 24.6 Å². The molecule has 6 atom stereocenters. The largest absolute Gasteiger partial charge is 0.504 e. The number of anilines is 3. The highest BCUT2D eigenvalue weighted by molar-refractivity contribution is 6.23. The Morgan fingerprint density at radius 2 is 1.52 bits per heavy atom. The second-order valence-electron chi connectivity index (χ2n) is 15.2. The average Bonchev–Trinajstić information content (AvgIpc) is 3.59. The number of carbonyl (C=O) groups excluding carboxylic acids is 4. The fourth-order valence-electron chi connectivity index (χ4n) is 9.74. The molecule has 2 N–H and O–H groups in total. The van der Waals surface area contributed by atoms with Crippen LogP contribution >= 0.6 is 0 Å². The number of nitrogens with zero attached hydrogens (tertiary/aromatic N) is 5. The predicted octanol–water partition coefficient (Wildman–Crippen LogP) is 5.78. The Kier molecular flexibility index (Phi) is 9.01. The van der Waals surface area contributed by atoms with Gasteiger partial charge in [0.25, 0.3) is 11.8 Å². The summed E-state index contributed by atoms with van der Waals surface area (Å²) in [7, 11) is 4.20. The smallest absolute Gasteiger partial charge is 0.301 e. The van der Waals surface area contributed by atoms with Crippen molar-refractivity contribution in [3.8, 4) is 11.5 Å². The van der Waals surface area contributed by atoms with E-state index in [9.17, 15) is 39.7 Å². The molecule has 16 nitrogen and oxygen atoms in total. The van der Waals surface area contributed by atoms with Crippen LogP contribution in [0.15, 0.2) is 96.6 Å². The van der Waals surface area contributed by atoms with Gasteiger partial charge in [-0.15, -0.1) is 0 Å². The summed E-state index contributed by atoms with van der Waals surface area (Å²) < 4.78 is 5.51. The van der Waals surface area contributed by atoms with E-state index in [4.69, 9.17) is 4.74 Å². The number of carbonyl (C=O) groups is 4. The maximum atomic E-state index is 15.4. The molecule has 58 heavy (non-hydrogen) atoms. The number of para-hydroxylation sites is 1. The topological polar surface area (TPSA) is 206 Å². The zero-order chi connectivity index (χ0) is 41.4. The van der Waals surface area contributed by atoms with Crippen molar-refractivity contribution >= 4 is 52.1 Å². The van der Waals surface area contributed by atoms with Gasteiger partial charge in [-0.3, -0.25) is 44.8 Å². The van der Waals surface area contributed by atoms with E-state index in [0.717, 1.165) is 27.6 Å². The molecule has 2 heterocycles. The van der Waals surface area contributed by atoms with Gasteiger partial charge in [0.2, 0.25) is 11.8 Å². The zero-order valence-corrected chi connectivity index (χ0v) is 31.8. The van der Waals surface area contributed by atoms with Crippen LogP contribution in [0.2, 0.25) is 0 Å². The quantitative estimate of drug-likeness (QED) is 0.0897. The van der Waals surface area contributed by atoms with E-state index in [-0.39, 0.29) is 41.3 Å². The minimum absolute atomic E-state index is 0.00176. The highest BCUT2D eigenvalue weighted by Gasteiger charge is 2.70. The van der Waals surface area contributed by atoms with Crippen LogP contribution in [0.5, 0.6) is 11.5 Å². The van der Waals surface area contributed by atoms with Crippen LogP contribution in [0.4, 0.5) is 28.4 Å². The number of ether oxygens (including phenoxy) is 1. The molecule has 0 radical (unpaired) electrons. The number of hydrogen-bond donors (Lipinski definition) is 2. The molecule has 3 fully saturated rings. The van der Waals surface area contributed by atoms with E-state index >= 15 is 4.79 Å². The molecule has 0 aromatic heterocycles. The van der Waals surface area contributed by atoms with Crippen molar-refractivity contribution in [2.75, 3.05) is 36.4 Å². The first-order valence-corrected chi connectivity index (χ1v) is 18.6. The molecular weight excluding hydrogens is 748 g/mol. The molecule has 16 heteroatoms. The number of amides is 4. The molecule has 296 valence electrons.